The minimum atomic E-state index is -4.34. The second-order valence-electron chi connectivity index (χ2n) is 10.2. The molecule has 2 fully saturated rings. The van der Waals surface area contributed by atoms with Crippen LogP contribution in [0.2, 0.25) is 0 Å². The fourth-order valence-electron chi connectivity index (χ4n) is 5.13. The predicted molar refractivity (Wildman–Crippen MR) is 150 cm³/mol. The minimum Gasteiger partial charge on any atom is -0.386 e. The molecule has 0 amide bonds. The first kappa shape index (κ1) is 28.8. The summed E-state index contributed by atoms with van der Waals surface area (Å²) in [6.07, 6.45) is 11.1. The van der Waals surface area contributed by atoms with Gasteiger partial charge in [0.2, 0.25) is 0 Å². The fraction of sp³-hybridized carbons (Fsp3) is 0.586. The number of allylic oxidation sites excluding steroid dienone is 2. The van der Waals surface area contributed by atoms with Gasteiger partial charge in [-0.25, -0.2) is 0 Å². The Bertz CT molecular complexity index is 854. The normalized spacial score (nSPS) is 21.6. The first-order chi connectivity index (χ1) is 17.3. The zero-order valence-electron chi connectivity index (χ0n) is 21.6. The van der Waals surface area contributed by atoms with E-state index in [0.29, 0.717) is 17.3 Å². The second kappa shape index (κ2) is 14.2. The summed E-state index contributed by atoms with van der Waals surface area (Å²) in [5.74, 6) is 0. The van der Waals surface area contributed by atoms with Crippen molar-refractivity contribution in [3.8, 4) is 0 Å². The molecular formula is C29H43F3N3P. The molecule has 7 heteroatoms. The summed E-state index contributed by atoms with van der Waals surface area (Å²) < 4.78 is 39.9. The summed E-state index contributed by atoms with van der Waals surface area (Å²) in [6, 6.07) is 4.82. The Balaban J connectivity index is 1.34. The van der Waals surface area contributed by atoms with Crippen molar-refractivity contribution in [1.82, 2.24) is 10.2 Å². The Morgan fingerprint density at radius 3 is 2.36 bits per heavy atom. The van der Waals surface area contributed by atoms with Crippen LogP contribution in [0.1, 0.15) is 68.9 Å². The van der Waals surface area contributed by atoms with Gasteiger partial charge >= 0.3 is 6.18 Å². The number of unbranched alkanes of at least 4 members (excludes halogenated alkanes) is 3. The number of nitrogens with one attached hydrogen (secondary N) is 1. The van der Waals surface area contributed by atoms with E-state index in [9.17, 15) is 13.2 Å². The van der Waals surface area contributed by atoms with Crippen LogP contribution < -0.4 is 10.2 Å². The molecule has 3 nitrogen and oxygen atoms in total. The number of piperazine rings is 1. The highest BCUT2D eigenvalue weighted by atomic mass is 31.1. The van der Waals surface area contributed by atoms with Crippen molar-refractivity contribution in [3.05, 3.63) is 60.8 Å². The summed E-state index contributed by atoms with van der Waals surface area (Å²) in [4.78, 5) is 4.56. The molecule has 0 spiro atoms. The minimum absolute atomic E-state index is 0.515. The van der Waals surface area contributed by atoms with Gasteiger partial charge < -0.3 is 10.2 Å². The number of rotatable bonds is 13. The molecule has 1 aliphatic carbocycles. The van der Waals surface area contributed by atoms with E-state index in [2.05, 4.69) is 34.9 Å². The lowest BCUT2D eigenvalue weighted by molar-refractivity contribution is -0.137. The first-order valence-corrected chi connectivity index (χ1v) is 14.7. The first-order valence-electron chi connectivity index (χ1n) is 13.4. The van der Waals surface area contributed by atoms with E-state index < -0.39 is 11.7 Å². The largest absolute Gasteiger partial charge is 0.416 e. The highest BCUT2D eigenvalue weighted by Gasteiger charge is 2.32. The lowest BCUT2D eigenvalue weighted by atomic mass is 9.94. The molecule has 1 aromatic carbocycles. The van der Waals surface area contributed by atoms with Gasteiger partial charge in [0.15, 0.2) is 0 Å². The molecule has 1 aliphatic heterocycles. The van der Waals surface area contributed by atoms with Gasteiger partial charge in [-0.2, -0.15) is 13.2 Å². The van der Waals surface area contributed by atoms with Gasteiger partial charge in [0.25, 0.3) is 0 Å². The number of halogens is 3. The van der Waals surface area contributed by atoms with Crippen LogP contribution in [0.4, 0.5) is 18.9 Å². The van der Waals surface area contributed by atoms with Crippen LogP contribution in [-0.2, 0) is 6.18 Å². The van der Waals surface area contributed by atoms with Crippen LogP contribution in [0.25, 0.3) is 6.08 Å². The smallest absolute Gasteiger partial charge is 0.386 e. The van der Waals surface area contributed by atoms with Crippen molar-refractivity contribution in [2.45, 2.75) is 75.7 Å². The average molecular weight is 522 g/mol. The Morgan fingerprint density at radius 1 is 1.00 bits per heavy atom. The van der Waals surface area contributed by atoms with Crippen LogP contribution in [0.5, 0.6) is 0 Å². The van der Waals surface area contributed by atoms with Gasteiger partial charge in [-0.15, -0.1) is 15.2 Å². The SMILES string of the molecule is C=CCCCCCC(=C)NC1CCC(PCN2CCN(c3cc(C=C)cc(C(F)(F)F)c3)CC2)CC1. The lowest BCUT2D eigenvalue weighted by Gasteiger charge is -2.37. The van der Waals surface area contributed by atoms with Crippen LogP contribution in [0, 0.1) is 0 Å². The number of hydrogen-bond acceptors (Lipinski definition) is 3. The van der Waals surface area contributed by atoms with Gasteiger partial charge in [-0.3, -0.25) is 4.90 Å². The Morgan fingerprint density at radius 2 is 1.72 bits per heavy atom. The molecule has 1 N–H and O–H groups in total. The number of hydrogen-bond donors (Lipinski definition) is 1. The highest BCUT2D eigenvalue weighted by molar-refractivity contribution is 7.38. The third kappa shape index (κ3) is 9.27. The molecular weight excluding hydrogens is 478 g/mol. The Labute approximate surface area is 217 Å². The molecule has 1 atom stereocenters. The predicted octanol–water partition coefficient (Wildman–Crippen LogP) is 7.66. The van der Waals surface area contributed by atoms with Crippen molar-refractivity contribution in [3.63, 3.8) is 0 Å². The molecule has 1 heterocycles. The number of nitrogens with zero attached hydrogens (tertiary/aromatic N) is 2. The molecule has 2 aliphatic rings. The highest BCUT2D eigenvalue weighted by Crippen LogP contribution is 2.35. The van der Waals surface area contributed by atoms with E-state index in [4.69, 9.17) is 0 Å². The van der Waals surface area contributed by atoms with Crippen LogP contribution in [0.15, 0.2) is 49.7 Å². The summed E-state index contributed by atoms with van der Waals surface area (Å²) >= 11 is 0. The van der Waals surface area contributed by atoms with Gasteiger partial charge in [-0.05, 0) is 80.8 Å². The number of anilines is 1. The van der Waals surface area contributed by atoms with Gasteiger partial charge in [0.1, 0.15) is 0 Å². The van der Waals surface area contributed by atoms with E-state index in [0.717, 1.165) is 59.5 Å². The zero-order chi connectivity index (χ0) is 26.0. The summed E-state index contributed by atoms with van der Waals surface area (Å²) in [5.41, 5.74) is 2.55. The van der Waals surface area contributed by atoms with Gasteiger partial charge in [-0.1, -0.05) is 31.7 Å². The average Bonchev–Trinajstić information content (AvgIpc) is 2.87. The zero-order valence-corrected chi connectivity index (χ0v) is 22.6. The van der Waals surface area contributed by atoms with Crippen molar-refractivity contribution >= 4 is 20.3 Å². The lowest BCUT2D eigenvalue weighted by Crippen LogP contribution is -2.46. The molecule has 36 heavy (non-hydrogen) atoms. The quantitative estimate of drug-likeness (QED) is 0.163. The number of alkyl halides is 3. The Hall–Kier alpha value is -1.78. The van der Waals surface area contributed by atoms with Crippen LogP contribution >= 0.6 is 8.58 Å². The maximum Gasteiger partial charge on any atom is 0.416 e. The van der Waals surface area contributed by atoms with Crippen molar-refractivity contribution < 1.29 is 13.2 Å². The van der Waals surface area contributed by atoms with E-state index in [1.165, 1.54) is 68.9 Å². The second-order valence-corrected chi connectivity index (χ2v) is 11.7. The van der Waals surface area contributed by atoms with E-state index in [1.807, 2.05) is 12.1 Å². The van der Waals surface area contributed by atoms with E-state index in [-0.39, 0.29) is 0 Å². The number of benzene rings is 1. The molecule has 1 unspecified atom stereocenters. The third-order valence-electron chi connectivity index (χ3n) is 7.37. The molecule has 0 aromatic heterocycles. The van der Waals surface area contributed by atoms with Gasteiger partial charge in [0.05, 0.1) is 5.56 Å². The van der Waals surface area contributed by atoms with Crippen LogP contribution in [0.3, 0.4) is 0 Å². The van der Waals surface area contributed by atoms with E-state index >= 15 is 0 Å². The standard InChI is InChI=1S/C29H43F3N3P/c1-4-6-7-8-9-10-23(3)33-26-11-13-28(14-12-26)36-22-34-15-17-35(18-16-34)27-20-24(5-2)19-25(21-27)29(30,31)32/h4-5,19-21,26,28,33,36H,1-3,6-18,22H2. The van der Waals surface area contributed by atoms with Crippen LogP contribution in [-0.4, -0.2) is 49.1 Å². The molecule has 0 radical (unpaired) electrons. The monoisotopic (exact) mass is 521 g/mol. The van der Waals surface area contributed by atoms with Gasteiger partial charge in [0, 0.05) is 49.9 Å². The summed E-state index contributed by atoms with van der Waals surface area (Å²) in [5, 5.41) is 3.67. The molecule has 1 aromatic rings. The summed E-state index contributed by atoms with van der Waals surface area (Å²) in [7, 11) is 0.932. The maximum absolute atomic E-state index is 13.3. The molecule has 1 saturated heterocycles. The topological polar surface area (TPSA) is 18.5 Å². The van der Waals surface area contributed by atoms with E-state index in [1.54, 1.807) is 0 Å². The molecule has 1 saturated carbocycles. The van der Waals surface area contributed by atoms with Crippen molar-refractivity contribution in [2.24, 2.45) is 0 Å². The fourth-order valence-corrected chi connectivity index (χ4v) is 6.70. The van der Waals surface area contributed by atoms with Crippen molar-refractivity contribution in [2.75, 3.05) is 37.4 Å². The van der Waals surface area contributed by atoms with Crippen molar-refractivity contribution in [1.29, 1.82) is 0 Å². The summed E-state index contributed by atoms with van der Waals surface area (Å²) in [6.45, 7) is 15.0. The molecule has 0 bridgehead atoms. The molecule has 200 valence electrons. The maximum atomic E-state index is 13.3. The molecule has 3 rings (SSSR count). The third-order valence-corrected chi connectivity index (χ3v) is 9.15. The Kier molecular flexibility index (Phi) is 11.4.